The van der Waals surface area contributed by atoms with Crippen LogP contribution in [0.3, 0.4) is 0 Å². The van der Waals surface area contributed by atoms with E-state index in [2.05, 4.69) is 22.4 Å². The molecule has 0 bridgehead atoms. The molecule has 2 amide bonds. The van der Waals surface area contributed by atoms with Gasteiger partial charge in [0.25, 0.3) is 5.91 Å². The van der Waals surface area contributed by atoms with Crippen LogP contribution >= 0.6 is 22.9 Å². The lowest BCUT2D eigenvalue weighted by Crippen LogP contribution is -2.62. The van der Waals surface area contributed by atoms with Crippen LogP contribution in [0.2, 0.25) is 5.15 Å². The Hall–Kier alpha value is -3.75. The Bertz CT molecular complexity index is 1730. The zero-order valence-corrected chi connectivity index (χ0v) is 26.1. The number of likely N-dealkylation sites (tertiary alicyclic amines) is 1. The van der Waals surface area contributed by atoms with Crippen LogP contribution in [0, 0.1) is 11.2 Å². The van der Waals surface area contributed by atoms with Gasteiger partial charge in [-0.15, -0.1) is 11.3 Å². The van der Waals surface area contributed by atoms with Crippen molar-refractivity contribution in [3.05, 3.63) is 105 Å². The number of nitrogens with zero attached hydrogens (tertiary/aromatic N) is 2. The number of hydrogen-bond acceptors (Lipinski definition) is 5. The lowest BCUT2D eigenvalue weighted by Gasteiger charge is -2.57. The van der Waals surface area contributed by atoms with E-state index in [1.54, 1.807) is 11.0 Å². The molecule has 1 spiro atoms. The first kappa shape index (κ1) is 29.3. The molecule has 0 radical (unpaired) electrons. The van der Waals surface area contributed by atoms with E-state index in [9.17, 15) is 14.0 Å². The predicted molar refractivity (Wildman–Crippen MR) is 169 cm³/mol. The number of carbonyl (C=O) groups excluding carboxylic acids is 2. The summed E-state index contributed by atoms with van der Waals surface area (Å²) in [5.41, 5.74) is 6.10. The lowest BCUT2D eigenvalue weighted by molar-refractivity contribution is -0.0500. The first-order valence-corrected chi connectivity index (χ1v) is 15.6. The molecular weight excluding hydrogens is 585 g/mol. The lowest BCUT2D eigenvalue weighted by atomic mass is 9.59. The molecule has 1 aliphatic carbocycles. The number of rotatable bonds is 5. The van der Waals surface area contributed by atoms with Crippen LogP contribution in [-0.4, -0.2) is 40.6 Å². The number of thiophene rings is 1. The van der Waals surface area contributed by atoms with Crippen molar-refractivity contribution in [3.63, 3.8) is 0 Å². The van der Waals surface area contributed by atoms with Crippen LogP contribution < -0.4 is 5.32 Å². The van der Waals surface area contributed by atoms with Gasteiger partial charge in [0.05, 0.1) is 21.8 Å². The monoisotopic (exact) mass is 617 g/mol. The molecule has 0 unspecified atom stereocenters. The summed E-state index contributed by atoms with van der Waals surface area (Å²) in [6.45, 7) is 8.93. The number of amides is 2. The minimum Gasteiger partial charge on any atom is -0.444 e. The van der Waals surface area contributed by atoms with Gasteiger partial charge in [0.1, 0.15) is 16.6 Å². The number of nitrogens with one attached hydrogen (secondary N) is 1. The number of fused-ring (bicyclic) bond motifs is 1. The number of benzene rings is 2. The second-order valence-corrected chi connectivity index (χ2v) is 13.9. The van der Waals surface area contributed by atoms with Gasteiger partial charge in [0, 0.05) is 18.5 Å². The van der Waals surface area contributed by atoms with Crippen LogP contribution in [0.5, 0.6) is 0 Å². The van der Waals surface area contributed by atoms with Crippen molar-refractivity contribution in [3.8, 4) is 0 Å². The first-order valence-electron chi connectivity index (χ1n) is 14.3. The minimum absolute atomic E-state index is 0.0695. The molecule has 2 aromatic carbocycles. The molecule has 2 fully saturated rings. The number of pyridine rings is 1. The van der Waals surface area contributed by atoms with E-state index in [1.807, 2.05) is 63.4 Å². The highest BCUT2D eigenvalue weighted by molar-refractivity contribution is 7.17. The van der Waals surface area contributed by atoms with Crippen LogP contribution in [0.4, 0.5) is 9.18 Å². The fourth-order valence-corrected chi connectivity index (χ4v) is 7.10. The summed E-state index contributed by atoms with van der Waals surface area (Å²) in [5.74, 6) is -0.483. The molecule has 3 heterocycles. The van der Waals surface area contributed by atoms with Crippen LogP contribution in [0.1, 0.15) is 73.6 Å². The van der Waals surface area contributed by atoms with Gasteiger partial charge in [-0.05, 0) is 92.4 Å². The fourth-order valence-electron chi connectivity index (χ4n) is 6.05. The molecule has 1 saturated carbocycles. The van der Waals surface area contributed by atoms with Gasteiger partial charge in [0.2, 0.25) is 0 Å². The Labute approximate surface area is 259 Å². The van der Waals surface area contributed by atoms with Gasteiger partial charge < -0.3 is 15.0 Å². The van der Waals surface area contributed by atoms with Crippen molar-refractivity contribution >= 4 is 50.7 Å². The van der Waals surface area contributed by atoms with Crippen molar-refractivity contribution in [2.45, 2.75) is 52.2 Å². The fraction of sp³-hybridized carbons (Fsp3) is 0.324. The van der Waals surface area contributed by atoms with Gasteiger partial charge in [-0.3, -0.25) is 4.79 Å². The number of carbonyl (C=O) groups is 2. The molecule has 6 nitrogen and oxygen atoms in total. The number of halogens is 2. The maximum atomic E-state index is 13.8. The van der Waals surface area contributed by atoms with E-state index >= 15 is 0 Å². The first-order chi connectivity index (χ1) is 20.4. The summed E-state index contributed by atoms with van der Waals surface area (Å²) < 4.78 is 20.2. The summed E-state index contributed by atoms with van der Waals surface area (Å²) in [6, 6.07) is 18.0. The summed E-state index contributed by atoms with van der Waals surface area (Å²) in [6.07, 6.45) is 1.48. The second-order valence-electron chi connectivity index (χ2n) is 12.6. The molecule has 4 aromatic rings. The number of ether oxygens (including phenoxy) is 1. The highest BCUT2D eigenvalue weighted by Gasteiger charge is 2.53. The van der Waals surface area contributed by atoms with E-state index in [-0.39, 0.29) is 34.4 Å². The van der Waals surface area contributed by atoms with Crippen molar-refractivity contribution in [1.29, 1.82) is 0 Å². The number of aromatic nitrogens is 1. The van der Waals surface area contributed by atoms with Gasteiger partial charge >= 0.3 is 6.09 Å². The molecule has 9 heteroatoms. The Morgan fingerprint density at radius 3 is 2.30 bits per heavy atom. The Morgan fingerprint density at radius 2 is 1.67 bits per heavy atom. The Kier molecular flexibility index (Phi) is 7.55. The maximum absolute atomic E-state index is 13.8. The third-order valence-electron chi connectivity index (χ3n) is 8.04. The van der Waals surface area contributed by atoms with Crippen molar-refractivity contribution in [1.82, 2.24) is 15.2 Å². The standard InChI is InChI=1S/C34H33ClFN3O3S/c1-20(37-31(40)26-15-28(35)38-27-13-14-43-30(26)27)21-5-7-22(8-6-21)29(23-9-11-25(36)12-10-23)24-16-34(17-24)18-39(19-34)32(41)42-33(2,3)4/h5-15,20H,16-19H2,1-4H3,(H,37,40)/t20-/m1/s1. The number of hydrogen-bond donors (Lipinski definition) is 1. The highest BCUT2D eigenvalue weighted by atomic mass is 35.5. The molecule has 1 saturated heterocycles. The number of allylic oxidation sites excluding steroid dienone is 1. The van der Waals surface area contributed by atoms with E-state index in [0.717, 1.165) is 39.8 Å². The molecule has 43 heavy (non-hydrogen) atoms. The summed E-state index contributed by atoms with van der Waals surface area (Å²) in [5, 5.41) is 5.27. The summed E-state index contributed by atoms with van der Waals surface area (Å²) in [7, 11) is 0. The average Bonchev–Trinajstić information content (AvgIpc) is 3.37. The Morgan fingerprint density at radius 1 is 1.05 bits per heavy atom. The molecule has 2 aromatic heterocycles. The maximum Gasteiger partial charge on any atom is 0.410 e. The zero-order chi connectivity index (χ0) is 30.5. The highest BCUT2D eigenvalue weighted by Crippen LogP contribution is 2.55. The van der Waals surface area contributed by atoms with Crippen LogP contribution in [0.25, 0.3) is 15.8 Å². The van der Waals surface area contributed by atoms with Gasteiger partial charge in [-0.1, -0.05) is 53.6 Å². The summed E-state index contributed by atoms with van der Waals surface area (Å²) in [4.78, 5) is 31.7. The molecule has 6 rings (SSSR count). The minimum atomic E-state index is -0.518. The predicted octanol–water partition coefficient (Wildman–Crippen LogP) is 8.41. The molecule has 2 aliphatic rings. The van der Waals surface area contributed by atoms with Crippen LogP contribution in [0.15, 0.2) is 71.6 Å². The quantitative estimate of drug-likeness (QED) is 0.228. The largest absolute Gasteiger partial charge is 0.444 e. The molecule has 1 aliphatic heterocycles. The van der Waals surface area contributed by atoms with Crippen molar-refractivity contribution in [2.24, 2.45) is 5.41 Å². The smallest absolute Gasteiger partial charge is 0.410 e. The van der Waals surface area contributed by atoms with Gasteiger partial charge in [-0.25, -0.2) is 14.2 Å². The zero-order valence-electron chi connectivity index (χ0n) is 24.5. The van der Waals surface area contributed by atoms with Crippen molar-refractivity contribution < 1.29 is 18.7 Å². The molecule has 1 N–H and O–H groups in total. The molecule has 222 valence electrons. The van der Waals surface area contributed by atoms with E-state index < -0.39 is 5.60 Å². The van der Waals surface area contributed by atoms with Gasteiger partial charge in [-0.2, -0.15) is 0 Å². The second kappa shape index (κ2) is 11.1. The molecular formula is C34H33ClFN3O3S. The van der Waals surface area contributed by atoms with Gasteiger partial charge in [0.15, 0.2) is 0 Å². The van der Waals surface area contributed by atoms with E-state index in [1.165, 1.54) is 29.0 Å². The third kappa shape index (κ3) is 6.04. The normalized spacial score (nSPS) is 16.4. The SMILES string of the molecule is C[C@@H](NC(=O)c1cc(Cl)nc2ccsc12)c1ccc(C(=C2CC3(C2)CN(C(=O)OC(C)(C)C)C3)c2ccc(F)cc2)cc1. The van der Waals surface area contributed by atoms with Crippen LogP contribution in [-0.2, 0) is 4.74 Å². The van der Waals surface area contributed by atoms with E-state index in [4.69, 9.17) is 16.3 Å². The third-order valence-corrected chi connectivity index (χ3v) is 9.17. The van der Waals surface area contributed by atoms with Crippen molar-refractivity contribution in [2.75, 3.05) is 13.1 Å². The van der Waals surface area contributed by atoms with E-state index in [0.29, 0.717) is 24.2 Å². The summed E-state index contributed by atoms with van der Waals surface area (Å²) >= 11 is 7.63. The topological polar surface area (TPSA) is 71.5 Å². The molecule has 1 atom stereocenters. The Balaban J connectivity index is 1.19. The average molecular weight is 618 g/mol.